The number of halogens is 3. The lowest BCUT2D eigenvalue weighted by Gasteiger charge is -2.08. The van der Waals surface area contributed by atoms with Gasteiger partial charge in [0.1, 0.15) is 5.75 Å². The van der Waals surface area contributed by atoms with Crippen LogP contribution < -0.4 is 9.92 Å². The van der Waals surface area contributed by atoms with E-state index < -0.39 is 27.3 Å². The summed E-state index contributed by atoms with van der Waals surface area (Å²) >= 11 is 0. The predicted molar refractivity (Wildman–Crippen MR) is 83.0 cm³/mol. The van der Waals surface area contributed by atoms with E-state index in [1.165, 1.54) is 24.3 Å². The monoisotopic (exact) mass is 369 g/mol. The summed E-state index contributed by atoms with van der Waals surface area (Å²) < 4.78 is 62.4. The number of hydrogen-bond acceptors (Lipinski definition) is 4. The van der Waals surface area contributed by atoms with Crippen molar-refractivity contribution in [2.24, 2.45) is 5.73 Å². The zero-order chi connectivity index (χ0) is 18.7. The third kappa shape index (κ3) is 4.74. The molecule has 0 aliphatic heterocycles. The molecule has 0 unspecified atom stereocenters. The Bertz CT molecular complexity index is 938. The number of benzene rings is 2. The van der Waals surface area contributed by atoms with E-state index in [0.717, 1.165) is 12.1 Å². The average molecular weight is 369 g/mol. The fraction of sp³-hybridized carbons (Fsp3) is 0.0625. The second-order valence-electron chi connectivity index (χ2n) is 4.70. The summed E-state index contributed by atoms with van der Waals surface area (Å²) in [5.74, 6) is 4.47. The highest BCUT2D eigenvalue weighted by Gasteiger charge is 2.48. The van der Waals surface area contributed by atoms with Crippen molar-refractivity contribution in [2.45, 2.75) is 5.51 Å². The van der Waals surface area contributed by atoms with Gasteiger partial charge in [0.05, 0.1) is 0 Å². The third-order valence-corrected chi connectivity index (χ3v) is 3.84. The van der Waals surface area contributed by atoms with Crippen LogP contribution in [0.3, 0.4) is 0 Å². The van der Waals surface area contributed by atoms with Gasteiger partial charge in [-0.2, -0.15) is 21.6 Å². The molecule has 0 saturated carbocycles. The summed E-state index contributed by atoms with van der Waals surface area (Å²) in [7, 11) is -5.70. The minimum Gasteiger partial charge on any atom is -0.376 e. The summed E-state index contributed by atoms with van der Waals surface area (Å²) in [6.45, 7) is 0. The first-order valence-electron chi connectivity index (χ1n) is 6.61. The van der Waals surface area contributed by atoms with Crippen LogP contribution in [0.4, 0.5) is 13.2 Å². The molecule has 0 radical (unpaired) electrons. The summed E-state index contributed by atoms with van der Waals surface area (Å²) in [5, 5.41) is 0. The van der Waals surface area contributed by atoms with Gasteiger partial charge in [-0.25, -0.2) is 0 Å². The van der Waals surface area contributed by atoms with E-state index in [1.807, 2.05) is 0 Å². The van der Waals surface area contributed by atoms with Crippen LogP contribution >= 0.6 is 0 Å². The van der Waals surface area contributed by atoms with Crippen molar-refractivity contribution in [1.82, 2.24) is 0 Å². The molecule has 0 heterocycles. The second-order valence-corrected chi connectivity index (χ2v) is 6.24. The van der Waals surface area contributed by atoms with Gasteiger partial charge in [-0.1, -0.05) is 11.8 Å². The lowest BCUT2D eigenvalue weighted by molar-refractivity contribution is -0.0500. The van der Waals surface area contributed by atoms with Crippen molar-refractivity contribution in [1.29, 1.82) is 0 Å². The van der Waals surface area contributed by atoms with Gasteiger partial charge in [0, 0.05) is 16.7 Å². The van der Waals surface area contributed by atoms with E-state index in [4.69, 9.17) is 5.73 Å². The standard InChI is InChI=1S/C16H10F3NO4S/c17-16(18,19)25(22,23)24-14-9-5-12(6-10-14)2-1-11-3-7-13(8-4-11)15(20)21/h3-10H,(H2,20,21). The molecule has 2 N–H and O–H groups in total. The molecular weight excluding hydrogens is 359 g/mol. The average Bonchev–Trinajstić information content (AvgIpc) is 2.53. The van der Waals surface area contributed by atoms with Gasteiger partial charge < -0.3 is 9.92 Å². The van der Waals surface area contributed by atoms with Crippen molar-refractivity contribution in [3.05, 3.63) is 65.2 Å². The Hall–Kier alpha value is -2.99. The molecule has 0 fully saturated rings. The predicted octanol–water partition coefficient (Wildman–Crippen LogP) is 2.41. The third-order valence-electron chi connectivity index (χ3n) is 2.86. The first-order chi connectivity index (χ1) is 11.6. The van der Waals surface area contributed by atoms with Gasteiger partial charge in [-0.05, 0) is 48.5 Å². The molecule has 0 spiro atoms. The fourth-order valence-electron chi connectivity index (χ4n) is 1.63. The summed E-state index contributed by atoms with van der Waals surface area (Å²) in [5.41, 5.74) is 0.962. The summed E-state index contributed by atoms with van der Waals surface area (Å²) in [6.07, 6.45) is 0. The van der Waals surface area contributed by atoms with Gasteiger partial charge in [0.2, 0.25) is 5.91 Å². The molecule has 1 amide bonds. The topological polar surface area (TPSA) is 86.5 Å². The molecule has 0 aliphatic carbocycles. The Balaban J connectivity index is 2.12. The van der Waals surface area contributed by atoms with E-state index >= 15 is 0 Å². The minimum atomic E-state index is -5.70. The van der Waals surface area contributed by atoms with Crippen LogP contribution in [-0.2, 0) is 10.1 Å². The van der Waals surface area contributed by atoms with Crippen LogP contribution in [0.1, 0.15) is 21.5 Å². The number of alkyl halides is 3. The lowest BCUT2D eigenvalue weighted by atomic mass is 10.1. The highest BCUT2D eigenvalue weighted by molar-refractivity contribution is 7.88. The highest BCUT2D eigenvalue weighted by atomic mass is 32.2. The van der Waals surface area contributed by atoms with Crippen LogP contribution in [-0.4, -0.2) is 19.8 Å². The first kappa shape index (κ1) is 18.4. The van der Waals surface area contributed by atoms with Crippen molar-refractivity contribution >= 4 is 16.0 Å². The number of hydrogen-bond donors (Lipinski definition) is 1. The van der Waals surface area contributed by atoms with E-state index in [-0.39, 0.29) is 0 Å². The molecular formula is C16H10F3NO4S. The molecule has 0 bridgehead atoms. The van der Waals surface area contributed by atoms with E-state index in [9.17, 15) is 26.4 Å². The molecule has 2 rings (SSSR count). The van der Waals surface area contributed by atoms with E-state index in [0.29, 0.717) is 16.7 Å². The maximum Gasteiger partial charge on any atom is 0.534 e. The van der Waals surface area contributed by atoms with Crippen LogP contribution in [0.25, 0.3) is 0 Å². The molecule has 5 nitrogen and oxygen atoms in total. The maximum absolute atomic E-state index is 12.2. The van der Waals surface area contributed by atoms with Crippen LogP contribution in [0.2, 0.25) is 0 Å². The highest BCUT2D eigenvalue weighted by Crippen LogP contribution is 2.26. The van der Waals surface area contributed by atoms with Crippen molar-refractivity contribution in [3.8, 4) is 17.6 Å². The van der Waals surface area contributed by atoms with Crippen LogP contribution in [0, 0.1) is 11.8 Å². The Morgan fingerprint density at radius 1 is 0.920 bits per heavy atom. The zero-order valence-electron chi connectivity index (χ0n) is 12.4. The normalized spacial score (nSPS) is 11.3. The Morgan fingerprint density at radius 3 is 1.76 bits per heavy atom. The summed E-state index contributed by atoms with van der Waals surface area (Å²) in [4.78, 5) is 10.9. The number of nitrogens with two attached hydrogens (primary N) is 1. The van der Waals surface area contributed by atoms with Crippen molar-refractivity contribution in [3.63, 3.8) is 0 Å². The zero-order valence-corrected chi connectivity index (χ0v) is 13.2. The Kier molecular flexibility index (Phi) is 5.04. The molecule has 9 heteroatoms. The van der Waals surface area contributed by atoms with Gasteiger partial charge in [0.25, 0.3) is 0 Å². The second kappa shape index (κ2) is 6.86. The summed E-state index contributed by atoms with van der Waals surface area (Å²) in [6, 6.07) is 10.9. The smallest absolute Gasteiger partial charge is 0.376 e. The Labute approximate surface area is 141 Å². The molecule has 2 aromatic carbocycles. The van der Waals surface area contributed by atoms with E-state index in [1.54, 1.807) is 12.1 Å². The van der Waals surface area contributed by atoms with Gasteiger partial charge in [-0.3, -0.25) is 4.79 Å². The van der Waals surface area contributed by atoms with Gasteiger partial charge >= 0.3 is 15.6 Å². The van der Waals surface area contributed by atoms with Crippen LogP contribution in [0.15, 0.2) is 48.5 Å². The quantitative estimate of drug-likeness (QED) is 0.511. The van der Waals surface area contributed by atoms with Crippen molar-refractivity contribution in [2.75, 3.05) is 0 Å². The molecule has 0 aliphatic rings. The molecule has 2 aromatic rings. The Morgan fingerprint density at radius 2 is 1.36 bits per heavy atom. The number of carbonyl (C=O) groups is 1. The van der Waals surface area contributed by atoms with Crippen LogP contribution in [0.5, 0.6) is 5.75 Å². The number of primary amides is 1. The van der Waals surface area contributed by atoms with Crippen molar-refractivity contribution < 1.29 is 30.6 Å². The first-order valence-corrected chi connectivity index (χ1v) is 8.02. The minimum absolute atomic E-state index is 0.331. The number of carbonyl (C=O) groups excluding carboxylic acids is 1. The number of rotatable bonds is 3. The molecule has 25 heavy (non-hydrogen) atoms. The molecule has 0 aromatic heterocycles. The fourth-order valence-corrected chi connectivity index (χ4v) is 2.09. The van der Waals surface area contributed by atoms with E-state index in [2.05, 4.69) is 16.0 Å². The SMILES string of the molecule is NC(=O)c1ccc(C#Cc2ccc(OS(=O)(=O)C(F)(F)F)cc2)cc1. The maximum atomic E-state index is 12.2. The molecule has 0 saturated heterocycles. The van der Waals surface area contributed by atoms with Gasteiger partial charge in [-0.15, -0.1) is 0 Å². The lowest BCUT2D eigenvalue weighted by Crippen LogP contribution is -2.28. The largest absolute Gasteiger partial charge is 0.534 e. The number of amides is 1. The molecule has 130 valence electrons. The van der Waals surface area contributed by atoms with Gasteiger partial charge in [0.15, 0.2) is 0 Å². The molecule has 0 atom stereocenters.